The largest absolute Gasteiger partial charge is 0.497 e. The first-order valence-corrected chi connectivity index (χ1v) is 8.15. The molecule has 0 aliphatic heterocycles. The van der Waals surface area contributed by atoms with E-state index in [4.69, 9.17) is 10.5 Å². The Hall–Kier alpha value is -1.51. The van der Waals surface area contributed by atoms with E-state index in [-0.39, 0.29) is 5.78 Å². The molecule has 0 bridgehead atoms. The van der Waals surface area contributed by atoms with E-state index in [0.717, 1.165) is 12.8 Å². The first-order valence-electron chi connectivity index (χ1n) is 8.15. The number of carbonyl (C=O) groups excluding carboxylic acids is 1. The number of benzene rings is 1. The number of nitrogens with two attached hydrogens (primary N) is 1. The van der Waals surface area contributed by atoms with Crippen molar-refractivity contribution in [3.63, 3.8) is 0 Å². The van der Waals surface area contributed by atoms with Gasteiger partial charge in [0.25, 0.3) is 0 Å². The first-order chi connectivity index (χ1) is 10.2. The summed E-state index contributed by atoms with van der Waals surface area (Å²) in [6.07, 6.45) is 10.5. The third kappa shape index (κ3) is 6.65. The number of ether oxygens (including phenoxy) is 1. The topological polar surface area (TPSA) is 52.3 Å². The highest BCUT2D eigenvalue weighted by atomic mass is 16.5. The van der Waals surface area contributed by atoms with Crippen LogP contribution in [0, 0.1) is 0 Å². The van der Waals surface area contributed by atoms with E-state index >= 15 is 0 Å². The maximum absolute atomic E-state index is 12.2. The zero-order valence-electron chi connectivity index (χ0n) is 13.5. The number of carbonyl (C=O) groups is 1. The minimum Gasteiger partial charge on any atom is -0.497 e. The highest BCUT2D eigenvalue weighted by Gasteiger charge is 2.10. The standard InChI is InChI=1S/C18H29NO2/c1-3-4-5-6-7-8-9-10-11-18(20)16-14-15(21-2)12-13-17(16)19/h12-14H,3-11,19H2,1-2H3. The van der Waals surface area contributed by atoms with Crippen LogP contribution in [0.15, 0.2) is 18.2 Å². The molecule has 0 radical (unpaired) electrons. The zero-order chi connectivity index (χ0) is 15.5. The van der Waals surface area contributed by atoms with Crippen LogP contribution >= 0.6 is 0 Å². The molecule has 2 N–H and O–H groups in total. The molecule has 0 aliphatic carbocycles. The van der Waals surface area contributed by atoms with Crippen LogP contribution in [0.1, 0.15) is 75.1 Å². The van der Waals surface area contributed by atoms with Crippen molar-refractivity contribution in [2.75, 3.05) is 12.8 Å². The van der Waals surface area contributed by atoms with Gasteiger partial charge in [0, 0.05) is 17.7 Å². The molecular formula is C18H29NO2. The second-order valence-corrected chi connectivity index (χ2v) is 5.60. The minimum atomic E-state index is 0.123. The number of hydrogen-bond acceptors (Lipinski definition) is 3. The van der Waals surface area contributed by atoms with Gasteiger partial charge in [-0.2, -0.15) is 0 Å². The smallest absolute Gasteiger partial charge is 0.165 e. The van der Waals surface area contributed by atoms with Gasteiger partial charge in [-0.15, -0.1) is 0 Å². The van der Waals surface area contributed by atoms with Crippen molar-refractivity contribution in [3.05, 3.63) is 23.8 Å². The lowest BCUT2D eigenvalue weighted by Crippen LogP contribution is -2.04. The Labute approximate surface area is 128 Å². The molecule has 0 fully saturated rings. The average Bonchev–Trinajstić information content (AvgIpc) is 2.50. The third-order valence-electron chi connectivity index (χ3n) is 3.82. The van der Waals surface area contributed by atoms with Crippen LogP contribution in [0.2, 0.25) is 0 Å². The average molecular weight is 291 g/mol. The number of hydrogen-bond donors (Lipinski definition) is 1. The Morgan fingerprint density at radius 1 is 1.05 bits per heavy atom. The number of nitrogen functional groups attached to an aromatic ring is 1. The molecule has 0 saturated carbocycles. The Morgan fingerprint density at radius 2 is 1.67 bits per heavy atom. The van der Waals surface area contributed by atoms with Crippen LogP contribution < -0.4 is 10.5 Å². The summed E-state index contributed by atoms with van der Waals surface area (Å²) in [4.78, 5) is 12.2. The number of unbranched alkanes of at least 4 members (excludes halogenated alkanes) is 7. The molecule has 0 heterocycles. The molecule has 21 heavy (non-hydrogen) atoms. The van der Waals surface area contributed by atoms with Crippen LogP contribution in [-0.2, 0) is 0 Å². The Balaban J connectivity index is 2.25. The predicted octanol–water partition coefficient (Wildman–Crippen LogP) is 4.99. The molecule has 1 aromatic carbocycles. The molecule has 0 amide bonds. The summed E-state index contributed by atoms with van der Waals surface area (Å²) in [6.45, 7) is 2.23. The monoisotopic (exact) mass is 291 g/mol. The fraction of sp³-hybridized carbons (Fsp3) is 0.611. The summed E-state index contributed by atoms with van der Waals surface area (Å²) in [5, 5.41) is 0. The number of rotatable bonds is 11. The van der Waals surface area contributed by atoms with Crippen LogP contribution in [0.3, 0.4) is 0 Å². The first kappa shape index (κ1) is 17.5. The predicted molar refractivity (Wildman–Crippen MR) is 89.0 cm³/mol. The molecule has 0 aliphatic rings. The molecule has 0 atom stereocenters. The SMILES string of the molecule is CCCCCCCCCCC(=O)c1cc(OC)ccc1N. The van der Waals surface area contributed by atoms with Crippen molar-refractivity contribution >= 4 is 11.5 Å². The summed E-state index contributed by atoms with van der Waals surface area (Å²) in [5.41, 5.74) is 7.00. The second-order valence-electron chi connectivity index (χ2n) is 5.60. The lowest BCUT2D eigenvalue weighted by Gasteiger charge is -2.07. The third-order valence-corrected chi connectivity index (χ3v) is 3.82. The summed E-state index contributed by atoms with van der Waals surface area (Å²) in [6, 6.07) is 5.25. The van der Waals surface area contributed by atoms with Crippen LogP contribution in [0.25, 0.3) is 0 Å². The number of methoxy groups -OCH3 is 1. The van der Waals surface area contributed by atoms with Crippen LogP contribution in [0.4, 0.5) is 5.69 Å². The van der Waals surface area contributed by atoms with Gasteiger partial charge in [0.15, 0.2) is 5.78 Å². The lowest BCUT2D eigenvalue weighted by atomic mass is 10.0. The van der Waals surface area contributed by atoms with Gasteiger partial charge < -0.3 is 10.5 Å². The van der Waals surface area contributed by atoms with Crippen molar-refractivity contribution < 1.29 is 9.53 Å². The maximum atomic E-state index is 12.2. The van der Waals surface area contributed by atoms with E-state index in [1.54, 1.807) is 25.3 Å². The fourth-order valence-corrected chi connectivity index (χ4v) is 2.46. The molecule has 0 spiro atoms. The van der Waals surface area contributed by atoms with E-state index in [0.29, 0.717) is 23.4 Å². The van der Waals surface area contributed by atoms with Crippen molar-refractivity contribution in [1.82, 2.24) is 0 Å². The highest BCUT2D eigenvalue weighted by molar-refractivity contribution is 6.01. The second kappa shape index (κ2) is 10.3. The van der Waals surface area contributed by atoms with Crippen LogP contribution in [0.5, 0.6) is 5.75 Å². The van der Waals surface area contributed by atoms with Gasteiger partial charge in [-0.05, 0) is 24.6 Å². The van der Waals surface area contributed by atoms with E-state index in [1.807, 2.05) is 0 Å². The molecule has 0 aromatic heterocycles. The van der Waals surface area contributed by atoms with Gasteiger partial charge in [-0.1, -0.05) is 51.9 Å². The molecule has 3 nitrogen and oxygen atoms in total. The van der Waals surface area contributed by atoms with Gasteiger partial charge in [-0.25, -0.2) is 0 Å². The number of Topliss-reactive ketones (excluding diaryl/α,β-unsaturated/α-hetero) is 1. The fourth-order valence-electron chi connectivity index (χ4n) is 2.46. The van der Waals surface area contributed by atoms with E-state index < -0.39 is 0 Å². The minimum absolute atomic E-state index is 0.123. The van der Waals surface area contributed by atoms with Gasteiger partial charge >= 0.3 is 0 Å². The summed E-state index contributed by atoms with van der Waals surface area (Å²) >= 11 is 0. The normalized spacial score (nSPS) is 10.6. The van der Waals surface area contributed by atoms with E-state index in [2.05, 4.69) is 6.92 Å². The Morgan fingerprint density at radius 3 is 2.29 bits per heavy atom. The molecule has 118 valence electrons. The highest BCUT2D eigenvalue weighted by Crippen LogP contribution is 2.22. The number of ketones is 1. The molecule has 0 unspecified atom stereocenters. The van der Waals surface area contributed by atoms with Gasteiger partial charge in [-0.3, -0.25) is 4.79 Å². The van der Waals surface area contributed by atoms with Gasteiger partial charge in [0.2, 0.25) is 0 Å². The molecule has 1 rings (SSSR count). The van der Waals surface area contributed by atoms with E-state index in [9.17, 15) is 4.79 Å². The van der Waals surface area contributed by atoms with Crippen LogP contribution in [-0.4, -0.2) is 12.9 Å². The molecule has 0 saturated heterocycles. The van der Waals surface area contributed by atoms with Crippen molar-refractivity contribution in [2.24, 2.45) is 0 Å². The molecular weight excluding hydrogens is 262 g/mol. The van der Waals surface area contributed by atoms with Crippen molar-refractivity contribution in [1.29, 1.82) is 0 Å². The molecule has 3 heteroatoms. The van der Waals surface area contributed by atoms with Gasteiger partial charge in [0.05, 0.1) is 7.11 Å². The summed E-state index contributed by atoms with van der Waals surface area (Å²) in [5.74, 6) is 0.806. The molecule has 1 aromatic rings. The lowest BCUT2D eigenvalue weighted by molar-refractivity contribution is 0.0979. The summed E-state index contributed by atoms with van der Waals surface area (Å²) < 4.78 is 5.14. The van der Waals surface area contributed by atoms with Gasteiger partial charge in [0.1, 0.15) is 5.75 Å². The van der Waals surface area contributed by atoms with Crippen molar-refractivity contribution in [3.8, 4) is 5.75 Å². The Kier molecular flexibility index (Phi) is 8.56. The Bertz CT molecular complexity index is 429. The summed E-state index contributed by atoms with van der Waals surface area (Å²) in [7, 11) is 1.60. The van der Waals surface area contributed by atoms with E-state index in [1.165, 1.54) is 38.5 Å². The van der Waals surface area contributed by atoms with Crippen molar-refractivity contribution in [2.45, 2.75) is 64.7 Å². The maximum Gasteiger partial charge on any atom is 0.165 e. The quantitative estimate of drug-likeness (QED) is 0.355. The zero-order valence-corrected chi connectivity index (χ0v) is 13.5. The number of anilines is 1.